The van der Waals surface area contributed by atoms with Gasteiger partial charge in [0.25, 0.3) is 0 Å². The van der Waals surface area contributed by atoms with Crippen molar-refractivity contribution >= 4 is 50.8 Å². The van der Waals surface area contributed by atoms with E-state index in [1.165, 1.54) is 0 Å². The highest BCUT2D eigenvalue weighted by Crippen LogP contribution is 2.31. The molecule has 104 valence electrons. The number of para-hydroxylation sites is 1. The second kappa shape index (κ2) is 6.48. The Kier molecular flexibility index (Phi) is 4.91. The lowest BCUT2D eigenvalue weighted by Crippen LogP contribution is -2.21. The van der Waals surface area contributed by atoms with E-state index >= 15 is 0 Å². The number of aliphatic carboxylic acids is 1. The van der Waals surface area contributed by atoms with Gasteiger partial charge < -0.3 is 10.4 Å². The van der Waals surface area contributed by atoms with Crippen LogP contribution in [0.3, 0.4) is 0 Å². The fourth-order valence-corrected chi connectivity index (χ4v) is 2.55. The van der Waals surface area contributed by atoms with E-state index in [0.29, 0.717) is 21.3 Å². The van der Waals surface area contributed by atoms with Gasteiger partial charge in [-0.3, -0.25) is 0 Å². The first-order chi connectivity index (χ1) is 9.49. The van der Waals surface area contributed by atoms with Gasteiger partial charge in [0.1, 0.15) is 0 Å². The van der Waals surface area contributed by atoms with Crippen LogP contribution in [0.4, 0.5) is 5.69 Å². The van der Waals surface area contributed by atoms with Gasteiger partial charge in [0.15, 0.2) is 6.04 Å². The van der Waals surface area contributed by atoms with Crippen molar-refractivity contribution in [2.24, 2.45) is 0 Å². The van der Waals surface area contributed by atoms with Gasteiger partial charge in [-0.1, -0.05) is 35.3 Å². The van der Waals surface area contributed by atoms with E-state index in [0.717, 1.165) is 4.47 Å². The molecule has 1 unspecified atom stereocenters. The molecule has 0 aliphatic heterocycles. The number of nitrogens with one attached hydrogen (secondary N) is 1. The Morgan fingerprint density at radius 3 is 2.55 bits per heavy atom. The normalized spacial score (nSPS) is 11.9. The predicted octanol–water partition coefficient (Wildman–Crippen LogP) is 4.99. The fraction of sp³-hybridized carbons (Fsp3) is 0.0714. The summed E-state index contributed by atoms with van der Waals surface area (Å²) >= 11 is 15.3. The number of benzene rings is 2. The number of carbonyl (C=O) groups is 1. The van der Waals surface area contributed by atoms with Gasteiger partial charge in [0, 0.05) is 25.8 Å². The smallest absolute Gasteiger partial charge is 0.330 e. The minimum Gasteiger partial charge on any atom is -0.479 e. The number of carboxylic acid groups (broad SMARTS) is 1. The maximum absolute atomic E-state index is 11.5. The summed E-state index contributed by atoms with van der Waals surface area (Å²) in [7, 11) is 0. The molecule has 0 amide bonds. The van der Waals surface area contributed by atoms with Gasteiger partial charge in [-0.15, -0.1) is 0 Å². The van der Waals surface area contributed by atoms with Gasteiger partial charge >= 0.3 is 5.97 Å². The van der Waals surface area contributed by atoms with Gasteiger partial charge in [-0.2, -0.15) is 0 Å². The lowest BCUT2D eigenvalue weighted by Gasteiger charge is -2.18. The molecule has 1 atom stereocenters. The van der Waals surface area contributed by atoms with Gasteiger partial charge in [-0.05, 0) is 46.3 Å². The van der Waals surface area contributed by atoms with Crippen molar-refractivity contribution in [2.45, 2.75) is 6.04 Å². The Morgan fingerprint density at radius 2 is 1.90 bits per heavy atom. The summed E-state index contributed by atoms with van der Waals surface area (Å²) in [5.41, 5.74) is 1.08. The van der Waals surface area contributed by atoms with Crippen LogP contribution in [0.5, 0.6) is 0 Å². The van der Waals surface area contributed by atoms with Crippen molar-refractivity contribution in [3.63, 3.8) is 0 Å². The molecule has 0 saturated heterocycles. The van der Waals surface area contributed by atoms with E-state index < -0.39 is 12.0 Å². The third kappa shape index (κ3) is 3.45. The molecule has 0 radical (unpaired) electrons. The molecule has 2 aromatic rings. The topological polar surface area (TPSA) is 49.3 Å². The first-order valence-electron chi connectivity index (χ1n) is 5.68. The van der Waals surface area contributed by atoms with E-state index in [2.05, 4.69) is 21.2 Å². The fourth-order valence-electron chi connectivity index (χ4n) is 1.74. The minimum absolute atomic E-state index is 0.348. The van der Waals surface area contributed by atoms with E-state index in [1.807, 2.05) is 18.2 Å². The molecule has 0 aliphatic carbocycles. The van der Waals surface area contributed by atoms with Crippen molar-refractivity contribution < 1.29 is 9.90 Å². The van der Waals surface area contributed by atoms with E-state index in [-0.39, 0.29) is 0 Å². The van der Waals surface area contributed by atoms with Crippen LogP contribution in [-0.2, 0) is 4.79 Å². The van der Waals surface area contributed by atoms with Crippen molar-refractivity contribution in [1.82, 2.24) is 0 Å². The van der Waals surface area contributed by atoms with E-state index in [4.69, 9.17) is 23.2 Å². The molecule has 0 saturated carbocycles. The van der Waals surface area contributed by atoms with Crippen LogP contribution in [0.15, 0.2) is 46.9 Å². The number of hydrogen-bond acceptors (Lipinski definition) is 2. The summed E-state index contributed by atoms with van der Waals surface area (Å²) in [6, 6.07) is 11.0. The summed E-state index contributed by atoms with van der Waals surface area (Å²) in [5, 5.41) is 13.1. The quantitative estimate of drug-likeness (QED) is 0.792. The van der Waals surface area contributed by atoms with Crippen molar-refractivity contribution in [2.75, 3.05) is 5.32 Å². The summed E-state index contributed by atoms with van der Waals surface area (Å²) in [4.78, 5) is 11.5. The van der Waals surface area contributed by atoms with Crippen molar-refractivity contribution in [3.8, 4) is 0 Å². The first-order valence-corrected chi connectivity index (χ1v) is 7.23. The number of hydrogen-bond donors (Lipinski definition) is 2. The zero-order chi connectivity index (χ0) is 14.7. The summed E-state index contributed by atoms with van der Waals surface area (Å²) < 4.78 is 0.768. The molecule has 2 N–H and O–H groups in total. The van der Waals surface area contributed by atoms with Gasteiger partial charge in [-0.25, -0.2) is 4.79 Å². The zero-order valence-corrected chi connectivity index (χ0v) is 13.2. The zero-order valence-electron chi connectivity index (χ0n) is 10.1. The van der Waals surface area contributed by atoms with Crippen LogP contribution >= 0.6 is 39.1 Å². The lowest BCUT2D eigenvalue weighted by atomic mass is 10.1. The summed E-state index contributed by atoms with van der Waals surface area (Å²) in [6.45, 7) is 0. The highest BCUT2D eigenvalue weighted by molar-refractivity contribution is 9.10. The monoisotopic (exact) mass is 373 g/mol. The van der Waals surface area contributed by atoms with Gasteiger partial charge in [0.2, 0.25) is 0 Å². The Labute approximate surface area is 134 Å². The molecule has 3 nitrogen and oxygen atoms in total. The number of carboxylic acids is 1. The molecule has 2 rings (SSSR count). The standard InChI is InChI=1S/C14H10BrCl2NO2/c15-10-3-1-2-4-12(10)18-13(14(19)20)9-7-8(16)5-6-11(9)17/h1-7,13,18H,(H,19,20). The Hall–Kier alpha value is -1.23. The average molecular weight is 375 g/mol. The summed E-state index contributed by atoms with van der Waals surface area (Å²) in [5.74, 6) is -1.04. The highest BCUT2D eigenvalue weighted by atomic mass is 79.9. The second-order valence-corrected chi connectivity index (χ2v) is 5.76. The van der Waals surface area contributed by atoms with Crippen LogP contribution in [0.2, 0.25) is 10.0 Å². The molecule has 20 heavy (non-hydrogen) atoms. The number of halogens is 3. The first kappa shape index (κ1) is 15.2. The SMILES string of the molecule is O=C(O)C(Nc1ccccc1Br)c1cc(Cl)ccc1Cl. The maximum Gasteiger partial charge on any atom is 0.330 e. The molecule has 0 spiro atoms. The van der Waals surface area contributed by atoms with Crippen molar-refractivity contribution in [1.29, 1.82) is 0 Å². The van der Waals surface area contributed by atoms with Crippen molar-refractivity contribution in [3.05, 3.63) is 62.5 Å². The Morgan fingerprint density at radius 1 is 1.20 bits per heavy atom. The van der Waals surface area contributed by atoms with Crippen LogP contribution in [0.25, 0.3) is 0 Å². The Bertz CT molecular complexity index is 649. The molecule has 0 fully saturated rings. The molecule has 0 bridgehead atoms. The largest absolute Gasteiger partial charge is 0.479 e. The van der Waals surface area contributed by atoms with E-state index in [9.17, 15) is 9.90 Å². The lowest BCUT2D eigenvalue weighted by molar-refractivity contribution is -0.138. The molecular formula is C14H10BrCl2NO2. The number of anilines is 1. The van der Waals surface area contributed by atoms with Crippen LogP contribution < -0.4 is 5.32 Å². The Balaban J connectivity index is 2.40. The molecule has 0 aromatic heterocycles. The minimum atomic E-state index is -1.04. The highest BCUT2D eigenvalue weighted by Gasteiger charge is 2.23. The van der Waals surface area contributed by atoms with Crippen LogP contribution in [0, 0.1) is 0 Å². The predicted molar refractivity (Wildman–Crippen MR) is 84.6 cm³/mol. The van der Waals surface area contributed by atoms with E-state index in [1.54, 1.807) is 24.3 Å². The molecule has 0 aliphatic rings. The maximum atomic E-state index is 11.5. The third-order valence-electron chi connectivity index (χ3n) is 2.69. The molecule has 0 heterocycles. The van der Waals surface area contributed by atoms with Gasteiger partial charge in [0.05, 0.1) is 0 Å². The molecule has 2 aromatic carbocycles. The summed E-state index contributed by atoms with van der Waals surface area (Å²) in [6.07, 6.45) is 0. The van der Waals surface area contributed by atoms with Crippen LogP contribution in [0.1, 0.15) is 11.6 Å². The molecule has 6 heteroatoms. The third-order valence-corrected chi connectivity index (χ3v) is 3.96. The average Bonchev–Trinajstić information content (AvgIpc) is 2.40. The molecular weight excluding hydrogens is 365 g/mol. The second-order valence-electron chi connectivity index (χ2n) is 4.06. The number of rotatable bonds is 4. The van der Waals surface area contributed by atoms with Crippen LogP contribution in [-0.4, -0.2) is 11.1 Å².